The molecule has 0 unspecified atom stereocenters. The van der Waals surface area contributed by atoms with Crippen LogP contribution in [-0.2, 0) is 9.84 Å². The van der Waals surface area contributed by atoms with Crippen molar-refractivity contribution in [2.75, 3.05) is 11.1 Å². The van der Waals surface area contributed by atoms with Gasteiger partial charge in [0.05, 0.1) is 16.2 Å². The molecule has 20 heavy (non-hydrogen) atoms. The van der Waals surface area contributed by atoms with Gasteiger partial charge in [0.2, 0.25) is 0 Å². The normalized spacial score (nSPS) is 11.3. The first kappa shape index (κ1) is 14.3. The number of anilines is 1. The zero-order chi connectivity index (χ0) is 14.8. The van der Waals surface area contributed by atoms with Gasteiger partial charge in [-0.3, -0.25) is 4.79 Å². The molecule has 1 N–H and O–H groups in total. The number of nitrogens with zero attached hydrogens (tertiary/aromatic N) is 1. The number of aromatic nitrogens is 1. The lowest BCUT2D eigenvalue weighted by molar-refractivity contribution is 0.102. The Balaban J connectivity index is 2.36. The molecule has 0 saturated heterocycles. The minimum Gasteiger partial charge on any atom is -0.360 e. The van der Waals surface area contributed by atoms with Crippen molar-refractivity contribution in [1.29, 1.82) is 0 Å². The van der Waals surface area contributed by atoms with E-state index in [0.29, 0.717) is 5.76 Å². The number of hydrogen-bond acceptors (Lipinski definition) is 5. The van der Waals surface area contributed by atoms with Gasteiger partial charge in [0.25, 0.3) is 5.91 Å². The van der Waals surface area contributed by atoms with Crippen LogP contribution in [0.25, 0.3) is 0 Å². The van der Waals surface area contributed by atoms with E-state index in [9.17, 15) is 13.2 Å². The lowest BCUT2D eigenvalue weighted by Gasteiger charge is -2.08. The number of benzene rings is 1. The van der Waals surface area contributed by atoms with Gasteiger partial charge in [-0.25, -0.2) is 8.42 Å². The molecule has 0 aliphatic rings. The van der Waals surface area contributed by atoms with E-state index in [2.05, 4.69) is 10.5 Å². The van der Waals surface area contributed by atoms with Crippen LogP contribution in [0.2, 0.25) is 0 Å². The van der Waals surface area contributed by atoms with Gasteiger partial charge in [-0.1, -0.05) is 24.2 Å². The van der Waals surface area contributed by atoms with Crippen molar-refractivity contribution >= 4 is 21.6 Å². The van der Waals surface area contributed by atoms with Crippen molar-refractivity contribution in [1.82, 2.24) is 5.16 Å². The number of carbonyl (C=O) groups excluding carboxylic acids is 1. The van der Waals surface area contributed by atoms with Crippen LogP contribution in [0.4, 0.5) is 5.82 Å². The number of amides is 1. The fraction of sp³-hybridized carbons (Fsp3) is 0.231. The zero-order valence-electron chi connectivity index (χ0n) is 11.1. The highest BCUT2D eigenvalue weighted by Crippen LogP contribution is 2.18. The third-order valence-electron chi connectivity index (χ3n) is 2.72. The summed E-state index contributed by atoms with van der Waals surface area (Å²) in [6.07, 6.45) is 0. The van der Waals surface area contributed by atoms with Gasteiger partial charge in [-0.05, 0) is 19.1 Å². The number of aryl methyl sites for hydroxylation is 1. The molecule has 0 saturated carbocycles. The highest BCUT2D eigenvalue weighted by Gasteiger charge is 2.21. The summed E-state index contributed by atoms with van der Waals surface area (Å²) in [5.74, 6) is 0.192. The van der Waals surface area contributed by atoms with E-state index in [0.717, 1.165) is 0 Å². The van der Waals surface area contributed by atoms with E-state index in [-0.39, 0.29) is 22.0 Å². The van der Waals surface area contributed by atoms with Crippen LogP contribution in [0, 0.1) is 6.92 Å². The molecule has 1 amide bonds. The van der Waals surface area contributed by atoms with Crippen LogP contribution >= 0.6 is 0 Å². The number of rotatable bonds is 4. The Labute approximate surface area is 116 Å². The molecule has 0 fully saturated rings. The Bertz CT molecular complexity index is 734. The maximum absolute atomic E-state index is 12.1. The summed E-state index contributed by atoms with van der Waals surface area (Å²) < 4.78 is 28.8. The van der Waals surface area contributed by atoms with E-state index >= 15 is 0 Å². The average molecular weight is 294 g/mol. The van der Waals surface area contributed by atoms with Gasteiger partial charge in [-0.15, -0.1) is 0 Å². The lowest BCUT2D eigenvalue weighted by atomic mass is 10.2. The fourth-order valence-electron chi connectivity index (χ4n) is 1.69. The van der Waals surface area contributed by atoms with Crippen molar-refractivity contribution in [3.05, 3.63) is 41.7 Å². The molecule has 0 aliphatic carbocycles. The zero-order valence-corrected chi connectivity index (χ0v) is 11.9. The van der Waals surface area contributed by atoms with E-state index in [1.54, 1.807) is 25.1 Å². The number of carbonyl (C=O) groups is 1. The highest BCUT2D eigenvalue weighted by atomic mass is 32.2. The quantitative estimate of drug-likeness (QED) is 0.932. The molecule has 106 valence electrons. The van der Waals surface area contributed by atoms with Crippen LogP contribution in [-0.4, -0.2) is 25.2 Å². The van der Waals surface area contributed by atoms with Crippen LogP contribution in [0.3, 0.4) is 0 Å². The Morgan fingerprint density at radius 1 is 1.35 bits per heavy atom. The van der Waals surface area contributed by atoms with Crippen LogP contribution in [0.1, 0.15) is 23.0 Å². The first-order chi connectivity index (χ1) is 9.44. The molecule has 0 aliphatic heterocycles. The van der Waals surface area contributed by atoms with Crippen molar-refractivity contribution in [3.8, 4) is 0 Å². The molecule has 6 nitrogen and oxygen atoms in total. The smallest absolute Gasteiger partial charge is 0.258 e. The first-order valence-electron chi connectivity index (χ1n) is 6.00. The molecule has 0 spiro atoms. The van der Waals surface area contributed by atoms with Gasteiger partial charge in [-0.2, -0.15) is 0 Å². The Hall–Kier alpha value is -2.15. The minimum atomic E-state index is -3.47. The van der Waals surface area contributed by atoms with Gasteiger partial charge in [0, 0.05) is 6.07 Å². The van der Waals surface area contributed by atoms with Crippen molar-refractivity contribution < 1.29 is 17.7 Å². The highest BCUT2D eigenvalue weighted by molar-refractivity contribution is 7.91. The molecule has 7 heteroatoms. The average Bonchev–Trinajstić information content (AvgIpc) is 2.84. The summed E-state index contributed by atoms with van der Waals surface area (Å²) in [6, 6.07) is 7.62. The van der Waals surface area contributed by atoms with Crippen LogP contribution in [0.15, 0.2) is 39.8 Å². The van der Waals surface area contributed by atoms with Gasteiger partial charge in [0.15, 0.2) is 15.7 Å². The van der Waals surface area contributed by atoms with E-state index < -0.39 is 15.7 Å². The third-order valence-corrected chi connectivity index (χ3v) is 4.50. The van der Waals surface area contributed by atoms with Crippen molar-refractivity contribution in [2.24, 2.45) is 0 Å². The Morgan fingerprint density at radius 2 is 2.05 bits per heavy atom. The van der Waals surface area contributed by atoms with E-state index in [4.69, 9.17) is 4.52 Å². The molecule has 1 aromatic heterocycles. The summed E-state index contributed by atoms with van der Waals surface area (Å²) >= 11 is 0. The van der Waals surface area contributed by atoms with Crippen molar-refractivity contribution in [2.45, 2.75) is 18.7 Å². The predicted octanol–water partition coefficient (Wildman–Crippen LogP) is 2.03. The third kappa shape index (κ3) is 2.88. The summed E-state index contributed by atoms with van der Waals surface area (Å²) in [7, 11) is -3.47. The molecule has 0 atom stereocenters. The first-order valence-corrected chi connectivity index (χ1v) is 7.65. The Kier molecular flexibility index (Phi) is 3.89. The topological polar surface area (TPSA) is 89.3 Å². The van der Waals surface area contributed by atoms with Crippen molar-refractivity contribution in [3.63, 3.8) is 0 Å². The summed E-state index contributed by atoms with van der Waals surface area (Å²) in [4.78, 5) is 12.2. The van der Waals surface area contributed by atoms with Gasteiger partial charge >= 0.3 is 0 Å². The maximum atomic E-state index is 12.1. The molecular formula is C13H14N2O4S. The maximum Gasteiger partial charge on any atom is 0.258 e. The number of hydrogen-bond donors (Lipinski definition) is 1. The number of nitrogens with one attached hydrogen (secondary N) is 1. The van der Waals surface area contributed by atoms with Gasteiger partial charge in [0.1, 0.15) is 5.76 Å². The van der Waals surface area contributed by atoms with E-state index in [1.807, 2.05) is 0 Å². The fourth-order valence-corrected chi connectivity index (χ4v) is 2.78. The van der Waals surface area contributed by atoms with Crippen LogP contribution < -0.4 is 5.32 Å². The SMILES string of the molecule is CCS(=O)(=O)c1ccccc1C(=O)Nc1cc(C)on1. The monoisotopic (exact) mass is 294 g/mol. The van der Waals surface area contributed by atoms with Gasteiger partial charge < -0.3 is 9.84 Å². The number of sulfone groups is 1. The minimum absolute atomic E-state index is 0.0141. The van der Waals surface area contributed by atoms with Crippen LogP contribution in [0.5, 0.6) is 0 Å². The van der Waals surface area contributed by atoms with E-state index in [1.165, 1.54) is 19.1 Å². The second-order valence-corrected chi connectivity index (χ2v) is 6.42. The summed E-state index contributed by atoms with van der Waals surface area (Å²) in [5.41, 5.74) is 0.0926. The molecular weight excluding hydrogens is 280 g/mol. The molecule has 1 heterocycles. The Morgan fingerprint density at radius 3 is 2.65 bits per heavy atom. The second kappa shape index (κ2) is 5.46. The standard InChI is InChI=1S/C13H14N2O4S/c1-3-20(17,18)11-7-5-4-6-10(11)13(16)14-12-8-9(2)19-15-12/h4-8H,3H2,1-2H3,(H,14,15,16). The molecule has 0 bridgehead atoms. The molecule has 2 aromatic rings. The molecule has 2 rings (SSSR count). The molecule has 1 aromatic carbocycles. The largest absolute Gasteiger partial charge is 0.360 e. The lowest BCUT2D eigenvalue weighted by Crippen LogP contribution is -2.17. The second-order valence-electron chi connectivity index (χ2n) is 4.18. The predicted molar refractivity (Wildman–Crippen MR) is 73.4 cm³/mol. The summed E-state index contributed by atoms with van der Waals surface area (Å²) in [5, 5.41) is 6.14. The molecule has 0 radical (unpaired) electrons. The summed E-state index contributed by atoms with van der Waals surface area (Å²) in [6.45, 7) is 3.23.